The molecule has 2 rings (SSSR count). The van der Waals surface area contributed by atoms with E-state index in [-0.39, 0.29) is 0 Å². The highest BCUT2D eigenvalue weighted by atomic mass is 32.2. The standard InChI is InChI=1S/C11H18N4S/c1-7-10(12)13-8(2)14-11(7)15(3)9-4-5-16-6-9/h9H,4-6H2,1-3H3,(H2,12,13,14). The maximum absolute atomic E-state index is 5.87. The van der Waals surface area contributed by atoms with E-state index in [9.17, 15) is 0 Å². The molecule has 2 heterocycles. The van der Waals surface area contributed by atoms with Crippen LogP contribution in [0.5, 0.6) is 0 Å². The van der Waals surface area contributed by atoms with Crippen LogP contribution in [0.2, 0.25) is 0 Å². The molecule has 1 atom stereocenters. The van der Waals surface area contributed by atoms with Gasteiger partial charge in [0.05, 0.1) is 0 Å². The highest BCUT2D eigenvalue weighted by Gasteiger charge is 2.23. The summed E-state index contributed by atoms with van der Waals surface area (Å²) in [6.45, 7) is 3.87. The van der Waals surface area contributed by atoms with Gasteiger partial charge in [0, 0.05) is 24.4 Å². The molecule has 0 aliphatic carbocycles. The number of nitrogens with zero attached hydrogens (tertiary/aromatic N) is 3. The van der Waals surface area contributed by atoms with Gasteiger partial charge in [0.15, 0.2) is 0 Å². The third-order valence-corrected chi connectivity index (χ3v) is 4.20. The van der Waals surface area contributed by atoms with Crippen molar-refractivity contribution in [3.8, 4) is 0 Å². The lowest BCUT2D eigenvalue weighted by Gasteiger charge is -2.26. The average molecular weight is 238 g/mol. The van der Waals surface area contributed by atoms with Crippen molar-refractivity contribution < 1.29 is 0 Å². The van der Waals surface area contributed by atoms with Crippen molar-refractivity contribution >= 4 is 23.4 Å². The highest BCUT2D eigenvalue weighted by molar-refractivity contribution is 7.99. The molecule has 1 aliphatic heterocycles. The third-order valence-electron chi connectivity index (χ3n) is 3.06. The van der Waals surface area contributed by atoms with E-state index < -0.39 is 0 Å². The molecule has 1 saturated heterocycles. The zero-order valence-corrected chi connectivity index (χ0v) is 10.8. The van der Waals surface area contributed by atoms with Crippen molar-refractivity contribution in [1.29, 1.82) is 0 Å². The first-order chi connectivity index (χ1) is 7.59. The Morgan fingerprint density at radius 3 is 2.75 bits per heavy atom. The molecule has 1 unspecified atom stereocenters. The van der Waals surface area contributed by atoms with Gasteiger partial charge in [-0.15, -0.1) is 0 Å². The Balaban J connectivity index is 2.31. The molecule has 16 heavy (non-hydrogen) atoms. The molecule has 0 saturated carbocycles. The first-order valence-electron chi connectivity index (χ1n) is 5.51. The molecule has 1 aromatic rings. The van der Waals surface area contributed by atoms with Gasteiger partial charge in [-0.25, -0.2) is 9.97 Å². The molecule has 2 N–H and O–H groups in total. The molecule has 1 aromatic heterocycles. The fourth-order valence-electron chi connectivity index (χ4n) is 1.98. The van der Waals surface area contributed by atoms with Crippen LogP contribution in [0, 0.1) is 13.8 Å². The fourth-order valence-corrected chi connectivity index (χ4v) is 3.25. The Morgan fingerprint density at radius 1 is 1.38 bits per heavy atom. The smallest absolute Gasteiger partial charge is 0.137 e. The van der Waals surface area contributed by atoms with Crippen molar-refractivity contribution in [3.05, 3.63) is 11.4 Å². The van der Waals surface area contributed by atoms with Crippen LogP contribution in [0.4, 0.5) is 11.6 Å². The molecule has 0 aromatic carbocycles. The average Bonchev–Trinajstić information content (AvgIpc) is 2.75. The van der Waals surface area contributed by atoms with Crippen molar-refractivity contribution in [1.82, 2.24) is 9.97 Å². The number of anilines is 2. The van der Waals surface area contributed by atoms with E-state index in [1.165, 1.54) is 17.9 Å². The number of hydrogen-bond donors (Lipinski definition) is 1. The van der Waals surface area contributed by atoms with Crippen molar-refractivity contribution in [2.45, 2.75) is 26.3 Å². The van der Waals surface area contributed by atoms with Crippen LogP contribution in [-0.2, 0) is 0 Å². The van der Waals surface area contributed by atoms with Gasteiger partial charge in [0.25, 0.3) is 0 Å². The summed E-state index contributed by atoms with van der Waals surface area (Å²) in [6.07, 6.45) is 1.23. The van der Waals surface area contributed by atoms with Gasteiger partial charge in [-0.1, -0.05) is 0 Å². The molecular weight excluding hydrogens is 220 g/mol. The lowest BCUT2D eigenvalue weighted by molar-refractivity contribution is 0.687. The van der Waals surface area contributed by atoms with E-state index in [0.29, 0.717) is 11.9 Å². The molecule has 1 aliphatic rings. The number of rotatable bonds is 2. The predicted octanol–water partition coefficient (Wildman–Crippen LogP) is 1.62. The second kappa shape index (κ2) is 4.49. The summed E-state index contributed by atoms with van der Waals surface area (Å²) in [5.74, 6) is 4.75. The summed E-state index contributed by atoms with van der Waals surface area (Å²) in [4.78, 5) is 10.9. The van der Waals surface area contributed by atoms with Gasteiger partial charge in [0.1, 0.15) is 17.5 Å². The van der Waals surface area contributed by atoms with Crippen molar-refractivity contribution in [2.75, 3.05) is 29.2 Å². The number of aryl methyl sites for hydroxylation is 1. The first-order valence-corrected chi connectivity index (χ1v) is 6.66. The van der Waals surface area contributed by atoms with Crippen molar-refractivity contribution in [2.24, 2.45) is 0 Å². The first kappa shape index (κ1) is 11.5. The number of thioether (sulfide) groups is 1. The normalized spacial score (nSPS) is 20.1. The maximum Gasteiger partial charge on any atom is 0.137 e. The minimum Gasteiger partial charge on any atom is -0.383 e. The number of aromatic nitrogens is 2. The summed E-state index contributed by atoms with van der Waals surface area (Å²) >= 11 is 2.00. The zero-order valence-electron chi connectivity index (χ0n) is 10.0. The minimum absolute atomic E-state index is 0.581. The topological polar surface area (TPSA) is 55.0 Å². The second-order valence-corrected chi connectivity index (χ2v) is 5.38. The van der Waals surface area contributed by atoms with E-state index in [1.807, 2.05) is 25.6 Å². The van der Waals surface area contributed by atoms with Gasteiger partial charge in [-0.05, 0) is 26.0 Å². The number of hydrogen-bond acceptors (Lipinski definition) is 5. The van der Waals surface area contributed by atoms with Gasteiger partial charge >= 0.3 is 0 Å². The van der Waals surface area contributed by atoms with Gasteiger partial charge in [0.2, 0.25) is 0 Å². The predicted molar refractivity (Wildman–Crippen MR) is 70.1 cm³/mol. The molecular formula is C11H18N4S. The van der Waals surface area contributed by atoms with Crippen LogP contribution >= 0.6 is 11.8 Å². The van der Waals surface area contributed by atoms with E-state index >= 15 is 0 Å². The molecule has 88 valence electrons. The summed E-state index contributed by atoms with van der Waals surface area (Å²) in [6, 6.07) is 0.581. The van der Waals surface area contributed by atoms with E-state index in [2.05, 4.69) is 21.9 Å². The quantitative estimate of drug-likeness (QED) is 0.848. The van der Waals surface area contributed by atoms with Gasteiger partial charge in [-0.3, -0.25) is 0 Å². The molecule has 5 heteroatoms. The zero-order chi connectivity index (χ0) is 11.7. The fraction of sp³-hybridized carbons (Fsp3) is 0.636. The van der Waals surface area contributed by atoms with Gasteiger partial charge < -0.3 is 10.6 Å². The largest absolute Gasteiger partial charge is 0.383 e. The monoisotopic (exact) mass is 238 g/mol. The van der Waals surface area contributed by atoms with Crippen LogP contribution in [0.3, 0.4) is 0 Å². The van der Waals surface area contributed by atoms with Crippen molar-refractivity contribution in [3.63, 3.8) is 0 Å². The minimum atomic E-state index is 0.581. The molecule has 1 fully saturated rings. The Hall–Kier alpha value is -0.970. The van der Waals surface area contributed by atoms with Gasteiger partial charge in [-0.2, -0.15) is 11.8 Å². The lowest BCUT2D eigenvalue weighted by Crippen LogP contribution is -2.33. The SMILES string of the molecule is Cc1nc(N)c(C)c(N(C)C2CCSC2)n1. The Kier molecular flexibility index (Phi) is 3.23. The number of nitrogen functional groups attached to an aromatic ring is 1. The van der Waals surface area contributed by atoms with E-state index in [1.54, 1.807) is 0 Å². The third kappa shape index (κ3) is 2.09. The maximum atomic E-state index is 5.87. The molecule has 0 radical (unpaired) electrons. The summed E-state index contributed by atoms with van der Waals surface area (Å²) < 4.78 is 0. The number of nitrogens with two attached hydrogens (primary N) is 1. The Morgan fingerprint density at radius 2 is 2.12 bits per heavy atom. The van der Waals surface area contributed by atoms with Crippen LogP contribution in [0.15, 0.2) is 0 Å². The molecule has 0 amide bonds. The summed E-state index contributed by atoms with van der Waals surface area (Å²) in [7, 11) is 2.10. The summed E-state index contributed by atoms with van der Waals surface area (Å²) in [5, 5.41) is 0. The second-order valence-electron chi connectivity index (χ2n) is 4.23. The van der Waals surface area contributed by atoms with Crippen LogP contribution in [0.25, 0.3) is 0 Å². The van der Waals surface area contributed by atoms with E-state index in [0.717, 1.165) is 17.2 Å². The molecule has 4 nitrogen and oxygen atoms in total. The Labute approximate surface area is 101 Å². The lowest BCUT2D eigenvalue weighted by atomic mass is 10.2. The molecule has 0 bridgehead atoms. The molecule has 0 spiro atoms. The summed E-state index contributed by atoms with van der Waals surface area (Å²) in [5.41, 5.74) is 6.87. The van der Waals surface area contributed by atoms with Crippen LogP contribution < -0.4 is 10.6 Å². The Bertz CT molecular complexity index is 388. The van der Waals surface area contributed by atoms with Crippen LogP contribution in [0.1, 0.15) is 17.8 Å². The highest BCUT2D eigenvalue weighted by Crippen LogP contribution is 2.28. The van der Waals surface area contributed by atoms with Crippen LogP contribution in [-0.4, -0.2) is 34.6 Å². The van der Waals surface area contributed by atoms with E-state index in [4.69, 9.17) is 5.73 Å².